The van der Waals surface area contributed by atoms with Gasteiger partial charge in [-0.15, -0.1) is 11.3 Å². The van der Waals surface area contributed by atoms with E-state index >= 15 is 0 Å². The smallest absolute Gasteiger partial charge is 0.326 e. The van der Waals surface area contributed by atoms with Crippen LogP contribution in [0.15, 0.2) is 29.6 Å². The van der Waals surface area contributed by atoms with Crippen molar-refractivity contribution in [2.24, 2.45) is 5.41 Å². The van der Waals surface area contributed by atoms with Gasteiger partial charge in [0.25, 0.3) is 0 Å². The van der Waals surface area contributed by atoms with Gasteiger partial charge in [0.1, 0.15) is 6.04 Å². The quantitative estimate of drug-likeness (QED) is 0.811. The van der Waals surface area contributed by atoms with Crippen molar-refractivity contribution >= 4 is 39.1 Å². The minimum atomic E-state index is -1.05. The molecule has 0 spiro atoms. The van der Waals surface area contributed by atoms with Gasteiger partial charge < -0.3 is 15.7 Å². The molecule has 0 aliphatic heterocycles. The molecule has 0 aliphatic rings. The predicted molar refractivity (Wildman–Crippen MR) is 84.9 cm³/mol. The maximum absolute atomic E-state index is 12.0. The Bertz CT molecular complexity index is 673. The molecule has 6 heteroatoms. The van der Waals surface area contributed by atoms with Crippen molar-refractivity contribution in [1.82, 2.24) is 5.32 Å². The maximum atomic E-state index is 12.0. The van der Waals surface area contributed by atoms with Gasteiger partial charge in [-0.05, 0) is 40.4 Å². The molecule has 0 saturated heterocycles. The Hall–Kier alpha value is -2.08. The highest BCUT2D eigenvalue weighted by atomic mass is 32.1. The topological polar surface area (TPSA) is 78.4 Å². The summed E-state index contributed by atoms with van der Waals surface area (Å²) in [6, 6.07) is 6.07. The number of nitrogens with one attached hydrogen (secondary N) is 2. The summed E-state index contributed by atoms with van der Waals surface area (Å²) in [7, 11) is 0. The van der Waals surface area contributed by atoms with Gasteiger partial charge in [0.2, 0.25) is 0 Å². The van der Waals surface area contributed by atoms with Gasteiger partial charge in [0.05, 0.1) is 0 Å². The van der Waals surface area contributed by atoms with Crippen LogP contribution in [0.25, 0.3) is 10.1 Å². The molecule has 2 aromatic rings. The number of carboxylic acids is 1. The molecular weight excluding hydrogens is 288 g/mol. The van der Waals surface area contributed by atoms with Crippen LogP contribution in [0, 0.1) is 5.41 Å². The fourth-order valence-corrected chi connectivity index (χ4v) is 2.76. The standard InChI is InChI=1S/C15H18N2O3S/c1-15(2,3)12(13(18)19)17-14(20)16-10-4-5-11-9(8-10)6-7-21-11/h4-8,12H,1-3H3,(H,18,19)(H2,16,17,20)/t12-/m0/s1. The zero-order chi connectivity index (χ0) is 15.6. The second-order valence-corrected chi connectivity index (χ2v) is 6.86. The van der Waals surface area contributed by atoms with Gasteiger partial charge in [-0.25, -0.2) is 9.59 Å². The highest BCUT2D eigenvalue weighted by molar-refractivity contribution is 7.17. The Labute approximate surface area is 127 Å². The van der Waals surface area contributed by atoms with E-state index < -0.39 is 23.5 Å². The molecule has 0 radical (unpaired) electrons. The zero-order valence-corrected chi connectivity index (χ0v) is 13.0. The number of amides is 2. The third-order valence-electron chi connectivity index (χ3n) is 3.10. The predicted octanol–water partition coefficient (Wildman–Crippen LogP) is 3.52. The van der Waals surface area contributed by atoms with Crippen molar-refractivity contribution in [3.8, 4) is 0 Å². The highest BCUT2D eigenvalue weighted by Gasteiger charge is 2.32. The van der Waals surface area contributed by atoms with Gasteiger partial charge in [-0.2, -0.15) is 0 Å². The number of benzene rings is 1. The van der Waals surface area contributed by atoms with Crippen LogP contribution in [0.1, 0.15) is 20.8 Å². The van der Waals surface area contributed by atoms with Crippen LogP contribution >= 0.6 is 11.3 Å². The van der Waals surface area contributed by atoms with Gasteiger partial charge >= 0.3 is 12.0 Å². The normalized spacial score (nSPS) is 12.9. The zero-order valence-electron chi connectivity index (χ0n) is 12.1. The Balaban J connectivity index is 2.08. The molecule has 3 N–H and O–H groups in total. The minimum absolute atomic E-state index is 0.521. The van der Waals surface area contributed by atoms with E-state index in [1.165, 1.54) is 0 Å². The summed E-state index contributed by atoms with van der Waals surface area (Å²) >= 11 is 1.63. The van der Waals surface area contributed by atoms with Crippen molar-refractivity contribution < 1.29 is 14.7 Å². The van der Waals surface area contributed by atoms with Crippen LogP contribution in [0.3, 0.4) is 0 Å². The lowest BCUT2D eigenvalue weighted by molar-refractivity contribution is -0.141. The third-order valence-corrected chi connectivity index (χ3v) is 4.00. The lowest BCUT2D eigenvalue weighted by Gasteiger charge is -2.27. The second-order valence-electron chi connectivity index (χ2n) is 5.91. The number of anilines is 1. The van der Waals surface area contributed by atoms with Gasteiger partial charge in [0, 0.05) is 10.4 Å². The van der Waals surface area contributed by atoms with E-state index in [1.807, 2.05) is 23.6 Å². The molecule has 0 saturated carbocycles. The number of hydrogen-bond acceptors (Lipinski definition) is 3. The number of rotatable bonds is 3. The van der Waals surface area contributed by atoms with Crippen molar-refractivity contribution in [2.45, 2.75) is 26.8 Å². The van der Waals surface area contributed by atoms with Gasteiger partial charge in [0.15, 0.2) is 0 Å². The number of aliphatic carboxylic acids is 1. The molecule has 0 fully saturated rings. The monoisotopic (exact) mass is 306 g/mol. The van der Waals surface area contributed by atoms with E-state index in [4.69, 9.17) is 0 Å². The summed E-state index contributed by atoms with van der Waals surface area (Å²) in [5, 5.41) is 17.4. The molecule has 0 aliphatic carbocycles. The maximum Gasteiger partial charge on any atom is 0.326 e. The van der Waals surface area contributed by atoms with E-state index in [0.717, 1.165) is 10.1 Å². The van der Waals surface area contributed by atoms with Crippen LogP contribution in [0.4, 0.5) is 10.5 Å². The molecule has 5 nitrogen and oxygen atoms in total. The van der Waals surface area contributed by atoms with Crippen LogP contribution in [-0.4, -0.2) is 23.1 Å². The average molecular weight is 306 g/mol. The van der Waals surface area contributed by atoms with E-state index in [2.05, 4.69) is 10.6 Å². The SMILES string of the molecule is CC(C)(C)[C@@H](NC(=O)Nc1ccc2sccc2c1)C(=O)O. The molecule has 1 atom stereocenters. The van der Waals surface area contributed by atoms with Crippen LogP contribution in [0.5, 0.6) is 0 Å². The first-order valence-corrected chi connectivity index (χ1v) is 7.43. The fraction of sp³-hybridized carbons (Fsp3) is 0.333. The van der Waals surface area contributed by atoms with Crippen molar-refractivity contribution in [1.29, 1.82) is 0 Å². The molecule has 1 aromatic carbocycles. The second kappa shape index (κ2) is 5.73. The summed E-state index contributed by atoms with van der Waals surface area (Å²) in [5.41, 5.74) is 0.0666. The van der Waals surface area contributed by atoms with E-state index in [0.29, 0.717) is 5.69 Å². The van der Waals surface area contributed by atoms with Crippen molar-refractivity contribution in [2.75, 3.05) is 5.32 Å². The van der Waals surface area contributed by atoms with E-state index in [1.54, 1.807) is 38.2 Å². The molecule has 2 rings (SSSR count). The van der Waals surface area contributed by atoms with Crippen LogP contribution in [-0.2, 0) is 4.79 Å². The molecule has 0 bridgehead atoms. The lowest BCUT2D eigenvalue weighted by Crippen LogP contribution is -2.50. The number of fused-ring (bicyclic) bond motifs is 1. The first kappa shape index (κ1) is 15.3. The number of carbonyl (C=O) groups is 2. The molecule has 112 valence electrons. The Kier molecular flexibility index (Phi) is 4.18. The summed E-state index contributed by atoms with van der Waals surface area (Å²) in [6.07, 6.45) is 0. The number of hydrogen-bond donors (Lipinski definition) is 3. The summed E-state index contributed by atoms with van der Waals surface area (Å²) < 4.78 is 1.14. The average Bonchev–Trinajstić information content (AvgIpc) is 2.81. The number of carbonyl (C=O) groups excluding carboxylic acids is 1. The minimum Gasteiger partial charge on any atom is -0.480 e. The number of thiophene rings is 1. The molecule has 1 aromatic heterocycles. The summed E-state index contributed by atoms with van der Waals surface area (Å²) in [5.74, 6) is -1.05. The molecular formula is C15H18N2O3S. The molecule has 2 amide bonds. The van der Waals surface area contributed by atoms with Crippen LogP contribution in [0.2, 0.25) is 0 Å². The Morgan fingerprint density at radius 1 is 1.24 bits per heavy atom. The first-order valence-electron chi connectivity index (χ1n) is 6.55. The first-order chi connectivity index (χ1) is 9.77. The van der Waals surface area contributed by atoms with Crippen molar-refractivity contribution in [3.05, 3.63) is 29.6 Å². The number of urea groups is 1. The van der Waals surface area contributed by atoms with Crippen LogP contribution < -0.4 is 10.6 Å². The fourth-order valence-electron chi connectivity index (χ4n) is 1.99. The lowest BCUT2D eigenvalue weighted by atomic mass is 9.87. The third kappa shape index (κ3) is 3.72. The Morgan fingerprint density at radius 2 is 1.95 bits per heavy atom. The molecule has 0 unspecified atom stereocenters. The van der Waals surface area contributed by atoms with Gasteiger partial charge in [-0.1, -0.05) is 20.8 Å². The largest absolute Gasteiger partial charge is 0.480 e. The molecule has 1 heterocycles. The summed E-state index contributed by atoms with van der Waals surface area (Å²) in [4.78, 5) is 23.2. The highest BCUT2D eigenvalue weighted by Crippen LogP contribution is 2.24. The Morgan fingerprint density at radius 3 is 2.57 bits per heavy atom. The molecule has 21 heavy (non-hydrogen) atoms. The van der Waals surface area contributed by atoms with E-state index in [9.17, 15) is 14.7 Å². The van der Waals surface area contributed by atoms with E-state index in [-0.39, 0.29) is 0 Å². The van der Waals surface area contributed by atoms with Gasteiger partial charge in [-0.3, -0.25) is 0 Å². The summed E-state index contributed by atoms with van der Waals surface area (Å²) in [6.45, 7) is 5.30. The number of carboxylic acid groups (broad SMARTS) is 1. The van der Waals surface area contributed by atoms with Crippen molar-refractivity contribution in [3.63, 3.8) is 0 Å².